The van der Waals surface area contributed by atoms with Gasteiger partial charge in [0.05, 0.1) is 33.5 Å². The molecule has 0 radical (unpaired) electrons. The van der Waals surface area contributed by atoms with Crippen molar-refractivity contribution >= 4 is 34.6 Å². The summed E-state index contributed by atoms with van der Waals surface area (Å²) in [5, 5.41) is 3.63. The zero-order chi connectivity index (χ0) is 28.6. The highest BCUT2D eigenvalue weighted by atomic mass is 19.4. The van der Waals surface area contributed by atoms with Crippen LogP contribution in [0, 0.1) is 0 Å². The molecule has 0 saturated carbocycles. The Morgan fingerprint density at radius 2 is 0.974 bits per heavy atom. The summed E-state index contributed by atoms with van der Waals surface area (Å²) in [6, 6.07) is 5.97. The van der Waals surface area contributed by atoms with E-state index in [9.17, 15) is 49.1 Å². The summed E-state index contributed by atoms with van der Waals surface area (Å²) in [6.45, 7) is 0. The molecule has 202 valence electrons. The van der Waals surface area contributed by atoms with Gasteiger partial charge < -0.3 is 22.1 Å². The SMILES string of the molecule is Nc1ccc(C(=O)Nc2ccc(NC(=O)c3ccc(N)cc3C(F)(F)F)c(C(F)(F)F)c2)c(C(F)(F)F)c1. The second-order valence-electron chi connectivity index (χ2n) is 7.77. The van der Waals surface area contributed by atoms with Crippen LogP contribution in [0.1, 0.15) is 37.4 Å². The minimum Gasteiger partial charge on any atom is -0.399 e. The summed E-state index contributed by atoms with van der Waals surface area (Å²) >= 11 is 0. The van der Waals surface area contributed by atoms with Gasteiger partial charge in [-0.05, 0) is 54.6 Å². The van der Waals surface area contributed by atoms with Crippen LogP contribution >= 0.6 is 0 Å². The fourth-order valence-corrected chi connectivity index (χ4v) is 3.34. The lowest BCUT2D eigenvalue weighted by Gasteiger charge is -2.18. The predicted molar refractivity (Wildman–Crippen MR) is 119 cm³/mol. The molecule has 0 bridgehead atoms. The van der Waals surface area contributed by atoms with Crippen molar-refractivity contribution in [3.05, 3.63) is 82.4 Å². The molecule has 0 fully saturated rings. The van der Waals surface area contributed by atoms with Crippen LogP contribution in [0.15, 0.2) is 54.6 Å². The number of nitrogens with one attached hydrogen (secondary N) is 2. The van der Waals surface area contributed by atoms with Crippen LogP contribution in [0.2, 0.25) is 0 Å². The molecule has 38 heavy (non-hydrogen) atoms. The fourth-order valence-electron chi connectivity index (χ4n) is 3.34. The smallest absolute Gasteiger partial charge is 0.399 e. The second-order valence-corrected chi connectivity index (χ2v) is 7.77. The number of benzene rings is 3. The van der Waals surface area contributed by atoms with Crippen LogP contribution in [0.3, 0.4) is 0 Å². The van der Waals surface area contributed by atoms with Gasteiger partial charge in [0.15, 0.2) is 0 Å². The molecule has 0 saturated heterocycles. The number of hydrogen-bond donors (Lipinski definition) is 4. The molecule has 3 aromatic rings. The van der Waals surface area contributed by atoms with Crippen LogP contribution < -0.4 is 22.1 Å². The first-order chi connectivity index (χ1) is 17.4. The van der Waals surface area contributed by atoms with Crippen molar-refractivity contribution in [1.82, 2.24) is 0 Å². The molecule has 15 heteroatoms. The molecule has 0 atom stereocenters. The monoisotopic (exact) mass is 550 g/mol. The first-order valence-corrected chi connectivity index (χ1v) is 10.2. The topological polar surface area (TPSA) is 110 Å². The van der Waals surface area contributed by atoms with E-state index in [2.05, 4.69) is 0 Å². The molecule has 0 aliphatic heterocycles. The van der Waals surface area contributed by atoms with Crippen molar-refractivity contribution in [1.29, 1.82) is 0 Å². The van der Waals surface area contributed by atoms with Gasteiger partial charge in [-0.25, -0.2) is 0 Å². The number of hydrogen-bond acceptors (Lipinski definition) is 4. The normalized spacial score (nSPS) is 12.2. The molecule has 0 spiro atoms. The van der Waals surface area contributed by atoms with E-state index in [-0.39, 0.29) is 11.4 Å². The van der Waals surface area contributed by atoms with E-state index in [1.54, 1.807) is 5.32 Å². The number of alkyl halides is 9. The maximum atomic E-state index is 13.7. The summed E-state index contributed by atoms with van der Waals surface area (Å²) in [7, 11) is 0. The van der Waals surface area contributed by atoms with E-state index in [0.717, 1.165) is 24.3 Å². The predicted octanol–water partition coefficient (Wildman–Crippen LogP) is 6.41. The third kappa shape index (κ3) is 6.27. The van der Waals surface area contributed by atoms with Crippen molar-refractivity contribution in [2.45, 2.75) is 18.5 Å². The van der Waals surface area contributed by atoms with Gasteiger partial charge in [-0.15, -0.1) is 0 Å². The lowest BCUT2D eigenvalue weighted by molar-refractivity contribution is -0.138. The van der Waals surface area contributed by atoms with Gasteiger partial charge in [-0.2, -0.15) is 39.5 Å². The van der Waals surface area contributed by atoms with Crippen LogP contribution in [0.4, 0.5) is 62.3 Å². The summed E-state index contributed by atoms with van der Waals surface area (Å²) in [4.78, 5) is 24.9. The molecule has 6 nitrogen and oxygen atoms in total. The molecule has 2 amide bonds. The molecule has 0 aliphatic carbocycles. The highest BCUT2D eigenvalue weighted by Crippen LogP contribution is 2.39. The maximum Gasteiger partial charge on any atom is 0.418 e. The number of nitrogen functional groups attached to an aromatic ring is 2. The Labute approximate surface area is 207 Å². The minimum atomic E-state index is -5.20. The number of amides is 2. The van der Waals surface area contributed by atoms with Crippen molar-refractivity contribution in [3.8, 4) is 0 Å². The number of anilines is 4. The van der Waals surface area contributed by atoms with Gasteiger partial charge in [-0.1, -0.05) is 0 Å². The summed E-state index contributed by atoms with van der Waals surface area (Å²) in [5.41, 5.74) is 1.92. The lowest BCUT2D eigenvalue weighted by Crippen LogP contribution is -2.22. The van der Waals surface area contributed by atoms with E-state index in [0.29, 0.717) is 30.3 Å². The van der Waals surface area contributed by atoms with E-state index in [4.69, 9.17) is 11.5 Å². The Balaban J connectivity index is 1.96. The molecule has 6 N–H and O–H groups in total. The van der Waals surface area contributed by atoms with Gasteiger partial charge in [0.25, 0.3) is 11.8 Å². The summed E-state index contributed by atoms with van der Waals surface area (Å²) in [5.74, 6) is -2.96. The van der Waals surface area contributed by atoms with Crippen LogP contribution in [0.25, 0.3) is 0 Å². The van der Waals surface area contributed by atoms with Crippen molar-refractivity contribution < 1.29 is 49.1 Å². The van der Waals surface area contributed by atoms with Gasteiger partial charge in [0.2, 0.25) is 0 Å². The molecular weight excluding hydrogens is 535 g/mol. The molecule has 0 unspecified atom stereocenters. The van der Waals surface area contributed by atoms with Crippen molar-refractivity contribution in [3.63, 3.8) is 0 Å². The molecule has 3 aromatic carbocycles. The number of carbonyl (C=O) groups excluding carboxylic acids is 2. The first kappa shape index (κ1) is 28.1. The number of carbonyl (C=O) groups is 2. The average molecular weight is 550 g/mol. The Morgan fingerprint density at radius 3 is 1.39 bits per heavy atom. The van der Waals surface area contributed by atoms with Crippen LogP contribution in [-0.4, -0.2) is 11.8 Å². The summed E-state index contributed by atoms with van der Waals surface area (Å²) in [6.07, 6.45) is -15.3. The highest BCUT2D eigenvalue weighted by Gasteiger charge is 2.38. The third-order valence-corrected chi connectivity index (χ3v) is 5.02. The van der Waals surface area contributed by atoms with Gasteiger partial charge in [0.1, 0.15) is 0 Å². The Morgan fingerprint density at radius 1 is 0.553 bits per heavy atom. The lowest BCUT2D eigenvalue weighted by atomic mass is 10.0. The molecule has 0 heterocycles. The van der Waals surface area contributed by atoms with E-state index in [1.165, 1.54) is 0 Å². The largest absolute Gasteiger partial charge is 0.418 e. The molecule has 3 rings (SSSR count). The minimum absolute atomic E-state index is 0.297. The van der Waals surface area contributed by atoms with Gasteiger partial charge in [-0.3, -0.25) is 9.59 Å². The first-order valence-electron chi connectivity index (χ1n) is 10.2. The third-order valence-electron chi connectivity index (χ3n) is 5.02. The molecule has 0 aromatic heterocycles. The fraction of sp³-hybridized carbons (Fsp3) is 0.130. The second kappa shape index (κ2) is 9.79. The average Bonchev–Trinajstić information content (AvgIpc) is 2.78. The molecular formula is C23H15F9N4O2. The zero-order valence-corrected chi connectivity index (χ0v) is 18.6. The van der Waals surface area contributed by atoms with Crippen LogP contribution in [0.5, 0.6) is 0 Å². The zero-order valence-electron chi connectivity index (χ0n) is 18.6. The Kier molecular flexibility index (Phi) is 7.25. The maximum absolute atomic E-state index is 13.7. The van der Waals surface area contributed by atoms with E-state index < -0.39 is 69.5 Å². The van der Waals surface area contributed by atoms with Crippen LogP contribution in [-0.2, 0) is 18.5 Å². The quantitative estimate of drug-likeness (QED) is 0.222. The van der Waals surface area contributed by atoms with E-state index in [1.807, 2.05) is 5.32 Å². The number of rotatable bonds is 4. The molecule has 0 aliphatic rings. The highest BCUT2D eigenvalue weighted by molar-refractivity contribution is 6.07. The standard InChI is InChI=1S/C23H15F9N4O2/c24-21(25,26)15-7-10(33)1-4-13(15)19(37)35-12-3-6-18(17(9-12)23(30,31)32)36-20(38)14-5-2-11(34)8-16(14)22(27,28)29/h1-9H,33-34H2,(H,35,37)(H,36,38). The Bertz CT molecular complexity index is 1400. The number of nitrogens with two attached hydrogens (primary N) is 2. The Hall–Kier alpha value is -4.43. The van der Waals surface area contributed by atoms with Crippen molar-refractivity contribution in [2.24, 2.45) is 0 Å². The summed E-state index contributed by atoms with van der Waals surface area (Å²) < 4.78 is 121. The van der Waals surface area contributed by atoms with Gasteiger partial charge in [0, 0.05) is 17.1 Å². The van der Waals surface area contributed by atoms with E-state index >= 15 is 0 Å². The van der Waals surface area contributed by atoms with Crippen molar-refractivity contribution in [2.75, 3.05) is 22.1 Å². The van der Waals surface area contributed by atoms with Gasteiger partial charge >= 0.3 is 18.5 Å². The number of halogens is 9.